The predicted octanol–water partition coefficient (Wildman–Crippen LogP) is 8.14. The van der Waals surface area contributed by atoms with Crippen LogP contribution in [0.5, 0.6) is 5.75 Å². The highest BCUT2D eigenvalue weighted by molar-refractivity contribution is 5.97. The van der Waals surface area contributed by atoms with E-state index >= 15 is 0 Å². The predicted molar refractivity (Wildman–Crippen MR) is 153 cm³/mol. The Labute approximate surface area is 227 Å². The Morgan fingerprint density at radius 1 is 0.947 bits per heavy atom. The van der Waals surface area contributed by atoms with Crippen LogP contribution in [0.15, 0.2) is 66.8 Å². The summed E-state index contributed by atoms with van der Waals surface area (Å²) in [4.78, 5) is 25.7. The molecular formula is C33H42O5. The number of ether oxygens (including phenoxy) is 2. The lowest BCUT2D eigenvalue weighted by atomic mass is 9.72. The van der Waals surface area contributed by atoms with E-state index in [2.05, 4.69) is 13.8 Å². The third-order valence-electron chi connectivity index (χ3n) is 7.18. The molecule has 0 aromatic heterocycles. The molecule has 0 fully saturated rings. The van der Waals surface area contributed by atoms with Gasteiger partial charge in [0.1, 0.15) is 11.2 Å². The van der Waals surface area contributed by atoms with Gasteiger partial charge in [0, 0.05) is 0 Å². The van der Waals surface area contributed by atoms with Crippen LogP contribution in [0.1, 0.15) is 100 Å². The standard InChI is InChI=1S/C33H42O5/c1-4-6-8-9-12-24-37-28-18-16-26(17-19-28)27-20-22-33(23-21-27,32(35)36)30-15-11-10-14-29(30)31(34)38-25(3)13-7-5-2/h10-11,14-22,25H,4-9,12-13,23-24H2,1-3H3,(H,35,36). The minimum atomic E-state index is -1.34. The molecule has 1 N–H and O–H groups in total. The Morgan fingerprint density at radius 3 is 2.32 bits per heavy atom. The average Bonchev–Trinajstić information content (AvgIpc) is 2.94. The second kappa shape index (κ2) is 14.6. The van der Waals surface area contributed by atoms with Gasteiger partial charge in [0.2, 0.25) is 0 Å². The molecule has 38 heavy (non-hydrogen) atoms. The first-order valence-electron chi connectivity index (χ1n) is 14.1. The summed E-state index contributed by atoms with van der Waals surface area (Å²) in [5.41, 5.74) is 1.35. The third-order valence-corrected chi connectivity index (χ3v) is 7.18. The smallest absolute Gasteiger partial charge is 0.338 e. The molecule has 2 unspecified atom stereocenters. The Morgan fingerprint density at radius 2 is 1.66 bits per heavy atom. The highest BCUT2D eigenvalue weighted by Crippen LogP contribution is 2.39. The van der Waals surface area contributed by atoms with Crippen LogP contribution in [0.2, 0.25) is 0 Å². The summed E-state index contributed by atoms with van der Waals surface area (Å²) in [5, 5.41) is 10.3. The number of hydrogen-bond donors (Lipinski definition) is 1. The summed E-state index contributed by atoms with van der Waals surface area (Å²) < 4.78 is 11.5. The van der Waals surface area contributed by atoms with Crippen LogP contribution in [-0.4, -0.2) is 29.8 Å². The van der Waals surface area contributed by atoms with E-state index in [1.165, 1.54) is 25.7 Å². The fourth-order valence-corrected chi connectivity index (χ4v) is 4.81. The van der Waals surface area contributed by atoms with E-state index in [9.17, 15) is 14.7 Å². The maximum absolute atomic E-state index is 13.0. The van der Waals surface area contributed by atoms with Gasteiger partial charge in [-0.2, -0.15) is 0 Å². The number of rotatable bonds is 15. The monoisotopic (exact) mass is 518 g/mol. The van der Waals surface area contributed by atoms with E-state index in [0.717, 1.165) is 42.6 Å². The summed E-state index contributed by atoms with van der Waals surface area (Å²) in [7, 11) is 0. The van der Waals surface area contributed by atoms with Crippen LogP contribution in [0.3, 0.4) is 0 Å². The first-order chi connectivity index (χ1) is 18.4. The molecule has 2 atom stereocenters. The molecular weight excluding hydrogens is 476 g/mol. The summed E-state index contributed by atoms with van der Waals surface area (Å²) in [6, 6.07) is 14.8. The van der Waals surface area contributed by atoms with Crippen molar-refractivity contribution >= 4 is 17.5 Å². The van der Waals surface area contributed by atoms with E-state index in [1.807, 2.05) is 43.3 Å². The van der Waals surface area contributed by atoms with Crippen LogP contribution in [0.4, 0.5) is 0 Å². The molecule has 0 heterocycles. The van der Waals surface area contributed by atoms with Crippen molar-refractivity contribution in [3.05, 3.63) is 83.4 Å². The normalized spacial score (nSPS) is 17.5. The van der Waals surface area contributed by atoms with Gasteiger partial charge in [0.25, 0.3) is 0 Å². The molecule has 0 spiro atoms. The number of allylic oxidation sites excluding steroid dienone is 3. The number of hydrogen-bond acceptors (Lipinski definition) is 4. The molecule has 204 valence electrons. The largest absolute Gasteiger partial charge is 0.494 e. The SMILES string of the molecule is CCCCCCCOc1ccc(C2=CCC(C(=O)O)(c3ccccc3C(=O)OC(C)CCCC)C=C2)cc1. The van der Waals surface area contributed by atoms with E-state index in [1.54, 1.807) is 30.3 Å². The number of carboxylic acids is 1. The molecule has 1 aliphatic carbocycles. The minimum absolute atomic E-state index is 0.224. The molecule has 2 aromatic rings. The maximum Gasteiger partial charge on any atom is 0.338 e. The van der Waals surface area contributed by atoms with Gasteiger partial charge in [-0.05, 0) is 61.1 Å². The van der Waals surface area contributed by atoms with Crippen LogP contribution >= 0.6 is 0 Å². The molecule has 0 saturated heterocycles. The van der Waals surface area contributed by atoms with Gasteiger partial charge in [0.05, 0.1) is 18.3 Å². The van der Waals surface area contributed by atoms with Crippen LogP contribution < -0.4 is 4.74 Å². The van der Waals surface area contributed by atoms with Gasteiger partial charge in [0.15, 0.2) is 0 Å². The summed E-state index contributed by atoms with van der Waals surface area (Å²) >= 11 is 0. The van der Waals surface area contributed by atoms with Gasteiger partial charge >= 0.3 is 11.9 Å². The molecule has 3 rings (SSSR count). The fraction of sp³-hybridized carbons (Fsp3) is 0.455. The zero-order valence-electron chi connectivity index (χ0n) is 23.1. The van der Waals surface area contributed by atoms with Gasteiger partial charge < -0.3 is 14.6 Å². The summed E-state index contributed by atoms with van der Waals surface area (Å²) in [6.45, 7) is 6.90. The molecule has 0 amide bonds. The van der Waals surface area contributed by atoms with E-state index < -0.39 is 17.4 Å². The first kappa shape index (κ1) is 29.2. The molecule has 0 bridgehead atoms. The van der Waals surface area contributed by atoms with Crippen molar-refractivity contribution in [3.63, 3.8) is 0 Å². The fourth-order valence-electron chi connectivity index (χ4n) is 4.81. The van der Waals surface area contributed by atoms with Crippen LogP contribution in [-0.2, 0) is 14.9 Å². The van der Waals surface area contributed by atoms with Crippen molar-refractivity contribution < 1.29 is 24.2 Å². The number of esters is 1. The molecule has 5 heteroatoms. The average molecular weight is 519 g/mol. The van der Waals surface area contributed by atoms with Gasteiger partial charge in [-0.1, -0.05) is 101 Å². The lowest BCUT2D eigenvalue weighted by Crippen LogP contribution is -2.36. The van der Waals surface area contributed by atoms with Crippen molar-refractivity contribution in [1.82, 2.24) is 0 Å². The number of unbranched alkanes of at least 4 members (excludes halogenated alkanes) is 5. The maximum atomic E-state index is 13.0. The molecule has 0 saturated carbocycles. The van der Waals surface area contributed by atoms with Crippen LogP contribution in [0, 0.1) is 0 Å². The number of carbonyl (C=O) groups excluding carboxylic acids is 1. The van der Waals surface area contributed by atoms with E-state index in [0.29, 0.717) is 17.7 Å². The number of carboxylic acid groups (broad SMARTS) is 1. The zero-order chi connectivity index (χ0) is 27.4. The van der Waals surface area contributed by atoms with Crippen molar-refractivity contribution in [2.24, 2.45) is 0 Å². The van der Waals surface area contributed by atoms with E-state index in [4.69, 9.17) is 9.47 Å². The van der Waals surface area contributed by atoms with E-state index in [-0.39, 0.29) is 12.5 Å². The highest BCUT2D eigenvalue weighted by atomic mass is 16.5. The van der Waals surface area contributed by atoms with Crippen molar-refractivity contribution in [2.75, 3.05) is 6.61 Å². The quantitative estimate of drug-likeness (QED) is 0.190. The van der Waals surface area contributed by atoms with Gasteiger partial charge in [-0.3, -0.25) is 4.79 Å². The minimum Gasteiger partial charge on any atom is -0.494 e. The Balaban J connectivity index is 1.71. The first-order valence-corrected chi connectivity index (χ1v) is 14.1. The van der Waals surface area contributed by atoms with Crippen molar-refractivity contribution in [3.8, 4) is 5.75 Å². The lowest BCUT2D eigenvalue weighted by molar-refractivity contribution is -0.141. The summed E-state index contributed by atoms with van der Waals surface area (Å²) in [5.74, 6) is -0.634. The third kappa shape index (κ3) is 7.59. The highest BCUT2D eigenvalue weighted by Gasteiger charge is 2.41. The molecule has 2 aromatic carbocycles. The molecule has 0 aliphatic heterocycles. The zero-order valence-corrected chi connectivity index (χ0v) is 23.1. The molecule has 0 radical (unpaired) electrons. The topological polar surface area (TPSA) is 72.8 Å². The number of carbonyl (C=O) groups is 2. The Kier molecular flexibility index (Phi) is 11.2. The van der Waals surface area contributed by atoms with Gasteiger partial charge in [-0.15, -0.1) is 0 Å². The second-order valence-electron chi connectivity index (χ2n) is 10.2. The second-order valence-corrected chi connectivity index (χ2v) is 10.2. The van der Waals surface area contributed by atoms with Gasteiger partial charge in [-0.25, -0.2) is 4.79 Å². The van der Waals surface area contributed by atoms with Crippen molar-refractivity contribution in [1.29, 1.82) is 0 Å². The number of benzene rings is 2. The lowest BCUT2D eigenvalue weighted by Gasteiger charge is -2.30. The Bertz CT molecular complexity index is 1110. The van der Waals surface area contributed by atoms with Crippen LogP contribution in [0.25, 0.3) is 5.57 Å². The molecule has 1 aliphatic rings. The van der Waals surface area contributed by atoms with Crippen molar-refractivity contribution in [2.45, 2.75) is 90.1 Å². The number of aliphatic carboxylic acids is 1. The summed E-state index contributed by atoms with van der Waals surface area (Å²) in [6.07, 6.45) is 14.3. The Hall–Kier alpha value is -3.34. The molecule has 5 nitrogen and oxygen atoms in total.